The Morgan fingerprint density at radius 1 is 1.41 bits per heavy atom. The predicted octanol–water partition coefficient (Wildman–Crippen LogP) is 2.98. The van der Waals surface area contributed by atoms with Crippen molar-refractivity contribution in [3.05, 3.63) is 33.6 Å². The Kier molecular flexibility index (Phi) is 3.54. The first kappa shape index (κ1) is 13.2. The van der Waals surface area contributed by atoms with Gasteiger partial charge in [0.15, 0.2) is 18.2 Å². The van der Waals surface area contributed by atoms with E-state index in [0.29, 0.717) is 6.07 Å². The van der Waals surface area contributed by atoms with Crippen LogP contribution in [0.25, 0.3) is 0 Å². The van der Waals surface area contributed by atoms with Gasteiger partial charge < -0.3 is 4.74 Å². The summed E-state index contributed by atoms with van der Waals surface area (Å²) in [6, 6.07) is 1.39. The normalized spacial score (nSPS) is 11.4. The molecule has 0 unspecified atom stereocenters. The highest BCUT2D eigenvalue weighted by Crippen LogP contribution is 2.28. The van der Waals surface area contributed by atoms with Gasteiger partial charge in [0.1, 0.15) is 0 Å². The van der Waals surface area contributed by atoms with Crippen LogP contribution in [-0.4, -0.2) is 17.7 Å². The van der Waals surface area contributed by atoms with Crippen LogP contribution in [0.3, 0.4) is 0 Å². The summed E-state index contributed by atoms with van der Waals surface area (Å²) < 4.78 is 52.8. The van der Waals surface area contributed by atoms with Crippen LogP contribution in [0, 0.1) is 22.9 Å². The number of halogens is 4. The maximum absolute atomic E-state index is 13.2. The highest BCUT2D eigenvalue weighted by molar-refractivity contribution is 5.46. The maximum atomic E-state index is 13.2. The zero-order valence-electron chi connectivity index (χ0n) is 8.55. The molecule has 1 aromatic rings. The number of ether oxygens (including phenoxy) is 1. The summed E-state index contributed by atoms with van der Waals surface area (Å²) in [5.41, 5.74) is -0.490. The van der Waals surface area contributed by atoms with Gasteiger partial charge in [0.2, 0.25) is 0 Å². The highest BCUT2D eigenvalue weighted by atomic mass is 19.4. The van der Waals surface area contributed by atoms with Gasteiger partial charge in [-0.15, -0.1) is 0 Å². The number of nitrogens with zero attached hydrogens (tertiary/aromatic N) is 1. The fourth-order valence-electron chi connectivity index (χ4n) is 1.11. The predicted molar refractivity (Wildman–Crippen MR) is 49.3 cm³/mol. The minimum atomic E-state index is -4.63. The summed E-state index contributed by atoms with van der Waals surface area (Å²) in [5.74, 6) is -1.86. The number of aryl methyl sites for hydroxylation is 1. The molecule has 0 radical (unpaired) electrons. The molecule has 17 heavy (non-hydrogen) atoms. The first-order valence-corrected chi connectivity index (χ1v) is 4.35. The van der Waals surface area contributed by atoms with Crippen LogP contribution in [0.2, 0.25) is 0 Å². The van der Waals surface area contributed by atoms with Gasteiger partial charge in [0.25, 0.3) is 5.69 Å². The highest BCUT2D eigenvalue weighted by Gasteiger charge is 2.29. The van der Waals surface area contributed by atoms with E-state index in [9.17, 15) is 27.7 Å². The van der Waals surface area contributed by atoms with Gasteiger partial charge in [-0.25, -0.2) is 4.39 Å². The molecule has 94 valence electrons. The zero-order valence-corrected chi connectivity index (χ0v) is 8.55. The lowest BCUT2D eigenvalue weighted by atomic mass is 10.2. The van der Waals surface area contributed by atoms with E-state index in [1.54, 1.807) is 0 Å². The van der Waals surface area contributed by atoms with E-state index in [2.05, 4.69) is 4.74 Å². The SMILES string of the molecule is Cc1cc(F)c(OCC(F)(F)F)cc1[N+](=O)[O-]. The number of nitro benzene ring substituents is 1. The van der Waals surface area contributed by atoms with Crippen LogP contribution in [0.5, 0.6) is 5.75 Å². The van der Waals surface area contributed by atoms with Crippen LogP contribution >= 0.6 is 0 Å². The Bertz CT molecular complexity index is 445. The second kappa shape index (κ2) is 4.56. The molecule has 0 spiro atoms. The number of benzene rings is 1. The van der Waals surface area contributed by atoms with Crippen LogP contribution in [-0.2, 0) is 0 Å². The number of rotatable bonds is 3. The maximum Gasteiger partial charge on any atom is 0.422 e. The third-order valence-corrected chi connectivity index (χ3v) is 1.84. The van der Waals surface area contributed by atoms with Crippen molar-refractivity contribution in [1.82, 2.24) is 0 Å². The fourth-order valence-corrected chi connectivity index (χ4v) is 1.11. The number of hydrogen-bond donors (Lipinski definition) is 0. The van der Waals surface area contributed by atoms with Crippen molar-refractivity contribution < 1.29 is 27.2 Å². The average Bonchev–Trinajstić information content (AvgIpc) is 2.14. The van der Waals surface area contributed by atoms with Crippen molar-refractivity contribution in [3.63, 3.8) is 0 Å². The summed E-state index contributed by atoms with van der Waals surface area (Å²) in [4.78, 5) is 9.67. The summed E-state index contributed by atoms with van der Waals surface area (Å²) in [5, 5.41) is 10.5. The molecule has 0 aliphatic carbocycles. The lowest BCUT2D eigenvalue weighted by Gasteiger charge is -2.10. The summed E-state index contributed by atoms with van der Waals surface area (Å²) in [7, 11) is 0. The smallest absolute Gasteiger partial charge is 0.422 e. The molecule has 0 aromatic heterocycles. The second-order valence-corrected chi connectivity index (χ2v) is 3.23. The molecule has 0 fully saturated rings. The number of nitro groups is 1. The zero-order chi connectivity index (χ0) is 13.2. The van der Waals surface area contributed by atoms with Gasteiger partial charge >= 0.3 is 6.18 Å². The topological polar surface area (TPSA) is 52.4 Å². The molecule has 0 heterocycles. The Morgan fingerprint density at radius 3 is 2.47 bits per heavy atom. The first-order chi connectivity index (χ1) is 7.70. The summed E-state index contributed by atoms with van der Waals surface area (Å²) in [6.07, 6.45) is -4.63. The van der Waals surface area contributed by atoms with Crippen molar-refractivity contribution in [1.29, 1.82) is 0 Å². The molecule has 0 atom stereocenters. The Hall–Kier alpha value is -1.86. The van der Waals surface area contributed by atoms with Crippen molar-refractivity contribution >= 4 is 5.69 Å². The third kappa shape index (κ3) is 3.58. The van der Waals surface area contributed by atoms with Crippen LogP contribution in [0.1, 0.15) is 5.56 Å². The van der Waals surface area contributed by atoms with Crippen LogP contribution in [0.15, 0.2) is 12.1 Å². The molecule has 0 aliphatic heterocycles. The van der Waals surface area contributed by atoms with Gasteiger partial charge in [0.05, 0.1) is 11.0 Å². The van der Waals surface area contributed by atoms with E-state index in [-0.39, 0.29) is 5.56 Å². The van der Waals surface area contributed by atoms with Crippen molar-refractivity contribution in [2.75, 3.05) is 6.61 Å². The molecule has 0 bridgehead atoms. The van der Waals surface area contributed by atoms with E-state index in [0.717, 1.165) is 6.07 Å². The van der Waals surface area contributed by atoms with Gasteiger partial charge in [-0.2, -0.15) is 13.2 Å². The molecular formula is C9H7F4NO3. The molecule has 0 amide bonds. The molecule has 0 aliphatic rings. The molecule has 0 saturated heterocycles. The Balaban J connectivity index is 3.00. The van der Waals surface area contributed by atoms with E-state index < -0.39 is 35.0 Å². The van der Waals surface area contributed by atoms with E-state index in [4.69, 9.17) is 0 Å². The number of alkyl halides is 3. The number of hydrogen-bond acceptors (Lipinski definition) is 3. The molecular weight excluding hydrogens is 246 g/mol. The molecule has 0 saturated carbocycles. The average molecular weight is 253 g/mol. The largest absolute Gasteiger partial charge is 0.481 e. The molecule has 1 rings (SSSR count). The lowest BCUT2D eigenvalue weighted by molar-refractivity contribution is -0.385. The van der Waals surface area contributed by atoms with Crippen LogP contribution in [0.4, 0.5) is 23.2 Å². The Labute approximate surface area is 93.0 Å². The Morgan fingerprint density at radius 2 is 2.00 bits per heavy atom. The van der Waals surface area contributed by atoms with E-state index in [1.165, 1.54) is 6.92 Å². The molecule has 4 nitrogen and oxygen atoms in total. The summed E-state index contributed by atoms with van der Waals surface area (Å²) >= 11 is 0. The van der Waals surface area contributed by atoms with E-state index >= 15 is 0 Å². The van der Waals surface area contributed by atoms with Crippen molar-refractivity contribution in [2.45, 2.75) is 13.1 Å². The van der Waals surface area contributed by atoms with Gasteiger partial charge in [-0.05, 0) is 13.0 Å². The van der Waals surface area contributed by atoms with Gasteiger partial charge in [-0.3, -0.25) is 10.1 Å². The minimum Gasteiger partial charge on any atom is -0.481 e. The van der Waals surface area contributed by atoms with Crippen LogP contribution < -0.4 is 4.74 Å². The van der Waals surface area contributed by atoms with Crippen molar-refractivity contribution in [2.24, 2.45) is 0 Å². The quantitative estimate of drug-likeness (QED) is 0.472. The third-order valence-electron chi connectivity index (χ3n) is 1.84. The van der Waals surface area contributed by atoms with Gasteiger partial charge in [0, 0.05) is 5.56 Å². The first-order valence-electron chi connectivity index (χ1n) is 4.35. The standard InChI is InChI=1S/C9H7F4NO3/c1-5-2-6(10)8(3-7(5)14(15)16)17-4-9(11,12)13/h2-3H,4H2,1H3. The second-order valence-electron chi connectivity index (χ2n) is 3.23. The van der Waals surface area contributed by atoms with Crippen molar-refractivity contribution in [3.8, 4) is 5.75 Å². The molecule has 0 N–H and O–H groups in total. The molecule has 8 heteroatoms. The summed E-state index contributed by atoms with van der Waals surface area (Å²) in [6.45, 7) is -0.432. The minimum absolute atomic E-state index is 0.00635. The van der Waals surface area contributed by atoms with E-state index in [1.807, 2.05) is 0 Å². The fraction of sp³-hybridized carbons (Fsp3) is 0.333. The monoisotopic (exact) mass is 253 g/mol. The van der Waals surface area contributed by atoms with Gasteiger partial charge in [-0.1, -0.05) is 0 Å². The molecule has 1 aromatic carbocycles. The lowest BCUT2D eigenvalue weighted by Crippen LogP contribution is -2.19.